The first-order valence-corrected chi connectivity index (χ1v) is 7.27. The molecule has 2 aromatic rings. The van der Waals surface area contributed by atoms with Gasteiger partial charge in [0.1, 0.15) is 0 Å². The van der Waals surface area contributed by atoms with Crippen molar-refractivity contribution >= 4 is 40.4 Å². The lowest BCUT2D eigenvalue weighted by Gasteiger charge is -2.06. The third kappa shape index (κ3) is 2.50. The Morgan fingerprint density at radius 1 is 1.40 bits per heavy atom. The highest BCUT2D eigenvalue weighted by Gasteiger charge is 2.26. The molecule has 20 heavy (non-hydrogen) atoms. The number of thioether (sulfide) groups is 1. The van der Waals surface area contributed by atoms with Crippen LogP contribution >= 0.6 is 24.0 Å². The minimum absolute atomic E-state index is 0.0963. The van der Waals surface area contributed by atoms with E-state index in [0.29, 0.717) is 10.1 Å². The van der Waals surface area contributed by atoms with Crippen LogP contribution in [0.2, 0.25) is 0 Å². The standard InChI is InChI=1S/C13H10N4OS2/c18-11-8-20-13(19)17(11)15-7-10-6-14-16-12(10)9-4-2-1-3-5-9/h1-7H,8H2,(H,14,16). The zero-order valence-corrected chi connectivity index (χ0v) is 11.9. The lowest BCUT2D eigenvalue weighted by molar-refractivity contribution is -0.123. The van der Waals surface area contributed by atoms with Crippen molar-refractivity contribution in [3.8, 4) is 11.3 Å². The molecule has 0 saturated carbocycles. The van der Waals surface area contributed by atoms with Gasteiger partial charge in [-0.1, -0.05) is 54.3 Å². The molecule has 1 aromatic heterocycles. The number of nitrogens with zero attached hydrogens (tertiary/aromatic N) is 3. The predicted molar refractivity (Wildman–Crippen MR) is 83.5 cm³/mol. The van der Waals surface area contributed by atoms with Crippen LogP contribution in [0.5, 0.6) is 0 Å². The minimum atomic E-state index is -0.0963. The van der Waals surface area contributed by atoms with Crippen molar-refractivity contribution in [3.05, 3.63) is 42.1 Å². The molecule has 1 fully saturated rings. The third-order valence-corrected chi connectivity index (χ3v) is 4.11. The molecule has 0 atom stereocenters. The van der Waals surface area contributed by atoms with E-state index in [9.17, 15) is 4.79 Å². The van der Waals surface area contributed by atoms with Gasteiger partial charge in [-0.25, -0.2) is 0 Å². The molecule has 1 aliphatic rings. The van der Waals surface area contributed by atoms with E-state index in [1.807, 2.05) is 30.3 Å². The van der Waals surface area contributed by atoms with Gasteiger partial charge in [-0.05, 0) is 0 Å². The maximum Gasteiger partial charge on any atom is 0.259 e. The second-order valence-electron chi connectivity index (χ2n) is 4.07. The second-order valence-corrected chi connectivity index (χ2v) is 5.68. The van der Waals surface area contributed by atoms with E-state index in [4.69, 9.17) is 12.2 Å². The molecule has 3 rings (SSSR count). The van der Waals surface area contributed by atoms with Crippen LogP contribution in [0.1, 0.15) is 5.56 Å². The zero-order valence-electron chi connectivity index (χ0n) is 10.3. The van der Waals surface area contributed by atoms with Crippen LogP contribution in [-0.4, -0.2) is 37.4 Å². The summed E-state index contributed by atoms with van der Waals surface area (Å²) in [5.74, 6) is 0.258. The Bertz CT molecular complexity index is 665. The molecular formula is C13H10N4OS2. The average Bonchev–Trinajstić information content (AvgIpc) is 3.06. The summed E-state index contributed by atoms with van der Waals surface area (Å²) in [6.07, 6.45) is 3.27. The number of aromatic nitrogens is 2. The molecule has 1 saturated heterocycles. The van der Waals surface area contributed by atoms with E-state index in [1.54, 1.807) is 12.4 Å². The zero-order chi connectivity index (χ0) is 13.9. The van der Waals surface area contributed by atoms with E-state index < -0.39 is 0 Å². The van der Waals surface area contributed by atoms with Crippen LogP contribution in [0.4, 0.5) is 0 Å². The molecular weight excluding hydrogens is 292 g/mol. The predicted octanol–water partition coefficient (Wildman–Crippen LogP) is 2.27. The molecule has 100 valence electrons. The van der Waals surface area contributed by atoms with Crippen molar-refractivity contribution in [1.29, 1.82) is 0 Å². The summed E-state index contributed by atoms with van der Waals surface area (Å²) >= 11 is 6.39. The quantitative estimate of drug-likeness (QED) is 0.698. The first-order chi connectivity index (χ1) is 9.75. The van der Waals surface area contributed by atoms with Gasteiger partial charge in [0, 0.05) is 11.1 Å². The van der Waals surface area contributed by atoms with Crippen molar-refractivity contribution in [2.45, 2.75) is 0 Å². The molecule has 1 amide bonds. The number of carbonyl (C=O) groups is 1. The summed E-state index contributed by atoms with van der Waals surface area (Å²) in [4.78, 5) is 11.6. The molecule has 1 aliphatic heterocycles. The third-order valence-electron chi connectivity index (χ3n) is 2.77. The van der Waals surface area contributed by atoms with Gasteiger partial charge in [0.15, 0.2) is 4.32 Å². The first-order valence-electron chi connectivity index (χ1n) is 5.88. The smallest absolute Gasteiger partial charge is 0.259 e. The van der Waals surface area contributed by atoms with Gasteiger partial charge >= 0.3 is 0 Å². The number of H-pyrrole nitrogens is 1. The maximum absolute atomic E-state index is 11.6. The summed E-state index contributed by atoms with van der Waals surface area (Å²) in [5, 5.41) is 12.4. The van der Waals surface area contributed by atoms with Gasteiger partial charge in [-0.15, -0.1) is 0 Å². The number of thiocarbonyl (C=S) groups is 1. The summed E-state index contributed by atoms with van der Waals surface area (Å²) < 4.78 is 0.482. The van der Waals surface area contributed by atoms with E-state index in [2.05, 4.69) is 15.3 Å². The summed E-state index contributed by atoms with van der Waals surface area (Å²) in [7, 11) is 0. The Labute approximate surface area is 125 Å². The monoisotopic (exact) mass is 302 g/mol. The molecule has 0 unspecified atom stereocenters. The molecule has 1 N–H and O–H groups in total. The van der Waals surface area contributed by atoms with Crippen LogP contribution < -0.4 is 0 Å². The van der Waals surface area contributed by atoms with Crippen LogP contribution in [-0.2, 0) is 4.79 Å². The Kier molecular flexibility index (Phi) is 3.62. The molecule has 0 bridgehead atoms. The van der Waals surface area contributed by atoms with Gasteiger partial charge in [0.25, 0.3) is 5.91 Å². The largest absolute Gasteiger partial charge is 0.277 e. The van der Waals surface area contributed by atoms with E-state index in [-0.39, 0.29) is 5.91 Å². The Hall–Kier alpha value is -1.99. The number of hydrogen-bond acceptors (Lipinski definition) is 5. The van der Waals surface area contributed by atoms with Crippen molar-refractivity contribution in [1.82, 2.24) is 15.2 Å². The average molecular weight is 302 g/mol. The van der Waals surface area contributed by atoms with Gasteiger partial charge in [0.2, 0.25) is 0 Å². The van der Waals surface area contributed by atoms with Gasteiger partial charge < -0.3 is 0 Å². The van der Waals surface area contributed by atoms with Gasteiger partial charge in [-0.3, -0.25) is 9.89 Å². The molecule has 0 aliphatic carbocycles. The SMILES string of the molecule is O=C1CSC(=S)N1N=Cc1cn[nH]c1-c1ccccc1. The van der Waals surface area contributed by atoms with Crippen molar-refractivity contribution in [3.63, 3.8) is 0 Å². The molecule has 2 heterocycles. The fourth-order valence-electron chi connectivity index (χ4n) is 1.81. The lowest BCUT2D eigenvalue weighted by Crippen LogP contribution is -2.22. The summed E-state index contributed by atoms with van der Waals surface area (Å²) in [5.41, 5.74) is 2.68. The topological polar surface area (TPSA) is 61.4 Å². The number of amides is 1. The van der Waals surface area contributed by atoms with Gasteiger partial charge in [-0.2, -0.15) is 15.2 Å². The van der Waals surface area contributed by atoms with Crippen molar-refractivity contribution < 1.29 is 4.79 Å². The van der Waals surface area contributed by atoms with Crippen LogP contribution in [0, 0.1) is 0 Å². The van der Waals surface area contributed by atoms with E-state index in [1.165, 1.54) is 16.8 Å². The Morgan fingerprint density at radius 2 is 2.20 bits per heavy atom. The second kappa shape index (κ2) is 5.56. The molecule has 0 radical (unpaired) electrons. The summed E-state index contributed by atoms with van der Waals surface area (Å²) in [6, 6.07) is 9.81. The molecule has 0 spiro atoms. The van der Waals surface area contributed by atoms with Crippen molar-refractivity contribution in [2.24, 2.45) is 5.10 Å². The maximum atomic E-state index is 11.6. The Morgan fingerprint density at radius 3 is 2.90 bits per heavy atom. The number of aromatic amines is 1. The highest BCUT2D eigenvalue weighted by molar-refractivity contribution is 8.23. The van der Waals surface area contributed by atoms with E-state index in [0.717, 1.165) is 16.8 Å². The van der Waals surface area contributed by atoms with Crippen LogP contribution in [0.25, 0.3) is 11.3 Å². The number of carbonyl (C=O) groups excluding carboxylic acids is 1. The molecule has 7 heteroatoms. The lowest BCUT2D eigenvalue weighted by atomic mass is 10.1. The molecule has 1 aromatic carbocycles. The number of hydrogen-bond donors (Lipinski definition) is 1. The van der Waals surface area contributed by atoms with Crippen LogP contribution in [0.15, 0.2) is 41.6 Å². The number of hydrazone groups is 1. The minimum Gasteiger partial charge on any atom is -0.277 e. The highest BCUT2D eigenvalue weighted by Crippen LogP contribution is 2.21. The van der Waals surface area contributed by atoms with Gasteiger partial charge in [0.05, 0.1) is 23.9 Å². The number of rotatable bonds is 3. The van der Waals surface area contributed by atoms with E-state index >= 15 is 0 Å². The van der Waals surface area contributed by atoms with Crippen LogP contribution in [0.3, 0.4) is 0 Å². The number of benzene rings is 1. The highest BCUT2D eigenvalue weighted by atomic mass is 32.2. The molecule has 5 nitrogen and oxygen atoms in total. The normalized spacial score (nSPS) is 15.5. The first kappa shape index (κ1) is 13.0. The fraction of sp³-hybridized carbons (Fsp3) is 0.0769. The summed E-state index contributed by atoms with van der Waals surface area (Å²) in [6.45, 7) is 0. The van der Waals surface area contributed by atoms with Crippen molar-refractivity contribution in [2.75, 3.05) is 5.75 Å². The number of nitrogens with one attached hydrogen (secondary N) is 1. The fourth-order valence-corrected chi connectivity index (χ4v) is 2.77. The Balaban J connectivity index is 1.88.